The largest absolute Gasteiger partial charge is 0.491 e. The SMILES string of the molecule is Brc1cccc(-c2cncnc2)c1.Brc1cccc(I)c1.OB(O)c1cncnc1. The fraction of sp³-hybridized carbons (Fsp3) is 0. The van der Waals surface area contributed by atoms with Crippen LogP contribution in [0.4, 0.5) is 0 Å². The second kappa shape index (κ2) is 13.6. The van der Waals surface area contributed by atoms with Crippen molar-refractivity contribution in [3.63, 3.8) is 0 Å². The highest BCUT2D eigenvalue weighted by molar-refractivity contribution is 14.1. The zero-order valence-electron chi connectivity index (χ0n) is 15.5. The van der Waals surface area contributed by atoms with E-state index in [2.05, 4.69) is 86.5 Å². The van der Waals surface area contributed by atoms with Gasteiger partial charge in [-0.05, 0) is 58.5 Å². The highest BCUT2D eigenvalue weighted by Crippen LogP contribution is 2.20. The van der Waals surface area contributed by atoms with Gasteiger partial charge >= 0.3 is 7.12 Å². The van der Waals surface area contributed by atoms with E-state index in [-0.39, 0.29) is 0 Å². The van der Waals surface area contributed by atoms with Crippen LogP contribution in [0.2, 0.25) is 0 Å². The first-order valence-corrected chi connectivity index (χ1v) is 11.1. The van der Waals surface area contributed by atoms with E-state index < -0.39 is 7.12 Å². The molecule has 4 rings (SSSR count). The number of rotatable bonds is 2. The van der Waals surface area contributed by atoms with E-state index in [1.54, 1.807) is 12.4 Å². The van der Waals surface area contributed by atoms with E-state index in [1.807, 2.05) is 36.4 Å². The number of benzene rings is 2. The Bertz CT molecular complexity index is 1010. The normalized spacial score (nSPS) is 9.50. The molecule has 2 heterocycles. The van der Waals surface area contributed by atoms with Crippen LogP contribution in [0.25, 0.3) is 11.1 Å². The van der Waals surface area contributed by atoms with Crippen LogP contribution in [-0.2, 0) is 0 Å². The standard InChI is InChI=1S/C10H7BrN2.C6H4BrI.C4H5BN2O2/c11-10-3-1-2-8(4-10)9-5-12-7-13-6-9;7-5-2-1-3-6(8)4-5;8-5(9)4-1-6-3-7-2-4/h1-7H;1-4H;1-3,8-9H. The summed E-state index contributed by atoms with van der Waals surface area (Å²) in [6, 6.07) is 16.2. The van der Waals surface area contributed by atoms with Gasteiger partial charge in [0.05, 0.1) is 0 Å². The minimum Gasteiger partial charge on any atom is -0.423 e. The molecule has 0 aliphatic carbocycles. The minimum atomic E-state index is -1.47. The van der Waals surface area contributed by atoms with E-state index in [1.165, 1.54) is 28.6 Å². The Balaban J connectivity index is 0.000000167. The van der Waals surface area contributed by atoms with E-state index in [4.69, 9.17) is 10.0 Å². The number of hydrogen-bond donors (Lipinski definition) is 2. The van der Waals surface area contributed by atoms with Gasteiger partial charge in [0.2, 0.25) is 0 Å². The highest BCUT2D eigenvalue weighted by Gasteiger charge is 2.09. The maximum atomic E-state index is 8.50. The molecule has 0 spiro atoms. The summed E-state index contributed by atoms with van der Waals surface area (Å²) in [5, 5.41) is 17.0. The molecule has 0 unspecified atom stereocenters. The van der Waals surface area contributed by atoms with Gasteiger partial charge in [0.1, 0.15) is 12.7 Å². The summed E-state index contributed by atoms with van der Waals surface area (Å²) in [6.07, 6.45) is 9.15. The van der Waals surface area contributed by atoms with Crippen molar-refractivity contribution in [2.45, 2.75) is 0 Å². The monoisotopic (exact) mass is 640 g/mol. The van der Waals surface area contributed by atoms with Gasteiger partial charge in [0, 0.05) is 48.3 Å². The van der Waals surface area contributed by atoms with Gasteiger partial charge in [-0.1, -0.05) is 50.1 Å². The number of aromatic nitrogens is 4. The Morgan fingerprint density at radius 3 is 1.67 bits per heavy atom. The van der Waals surface area contributed by atoms with E-state index in [0.717, 1.165) is 20.1 Å². The molecule has 30 heavy (non-hydrogen) atoms. The molecule has 0 aliphatic heterocycles. The molecular formula is C20H16BBr2IN4O2. The third kappa shape index (κ3) is 9.39. The Kier molecular flexibility index (Phi) is 11.1. The second-order valence-electron chi connectivity index (χ2n) is 5.62. The highest BCUT2D eigenvalue weighted by atomic mass is 127. The second-order valence-corrected chi connectivity index (χ2v) is 8.70. The van der Waals surface area contributed by atoms with E-state index in [0.29, 0.717) is 5.46 Å². The average molecular weight is 642 g/mol. The quantitative estimate of drug-likeness (QED) is 0.253. The summed E-state index contributed by atoms with van der Waals surface area (Å²) in [6.45, 7) is 0. The van der Waals surface area contributed by atoms with Gasteiger partial charge < -0.3 is 10.0 Å². The van der Waals surface area contributed by atoms with Crippen molar-refractivity contribution in [3.05, 3.63) is 98.5 Å². The van der Waals surface area contributed by atoms with Gasteiger partial charge in [0.15, 0.2) is 0 Å². The van der Waals surface area contributed by atoms with Gasteiger partial charge in [-0.3, -0.25) is 0 Å². The van der Waals surface area contributed by atoms with Crippen LogP contribution in [0.3, 0.4) is 0 Å². The summed E-state index contributed by atoms with van der Waals surface area (Å²) in [4.78, 5) is 15.1. The third-order valence-electron chi connectivity index (χ3n) is 3.38. The van der Waals surface area contributed by atoms with Crippen molar-refractivity contribution in [1.82, 2.24) is 19.9 Å². The lowest BCUT2D eigenvalue weighted by atomic mass is 9.83. The van der Waals surface area contributed by atoms with Crippen molar-refractivity contribution in [1.29, 1.82) is 0 Å². The smallest absolute Gasteiger partial charge is 0.423 e. The molecule has 152 valence electrons. The lowest BCUT2D eigenvalue weighted by Gasteiger charge is -1.99. The Morgan fingerprint density at radius 1 is 0.700 bits per heavy atom. The molecule has 0 saturated carbocycles. The molecular weight excluding hydrogens is 626 g/mol. The Labute approximate surface area is 205 Å². The molecule has 0 bridgehead atoms. The number of halogens is 3. The first-order valence-electron chi connectivity index (χ1n) is 8.49. The van der Waals surface area contributed by atoms with Crippen LogP contribution in [-0.4, -0.2) is 37.1 Å². The first kappa shape index (κ1) is 24.5. The minimum absolute atomic E-state index is 0.303. The molecule has 10 heteroatoms. The molecule has 6 nitrogen and oxygen atoms in total. The molecule has 0 amide bonds. The maximum Gasteiger partial charge on any atom is 0.491 e. The first-order chi connectivity index (χ1) is 14.5. The molecule has 0 saturated heterocycles. The van der Waals surface area contributed by atoms with Gasteiger partial charge in [0.25, 0.3) is 0 Å². The summed E-state index contributed by atoms with van der Waals surface area (Å²) in [5.74, 6) is 0. The fourth-order valence-corrected chi connectivity index (χ4v) is 3.79. The summed E-state index contributed by atoms with van der Waals surface area (Å²) in [7, 11) is -1.47. The third-order valence-corrected chi connectivity index (χ3v) is 5.04. The summed E-state index contributed by atoms with van der Waals surface area (Å²) in [5.41, 5.74) is 2.45. The summed E-state index contributed by atoms with van der Waals surface area (Å²) >= 11 is 9.05. The molecule has 0 fully saturated rings. The maximum absolute atomic E-state index is 8.50. The lowest BCUT2D eigenvalue weighted by molar-refractivity contribution is 0.425. The molecule has 4 aromatic rings. The zero-order valence-corrected chi connectivity index (χ0v) is 20.8. The van der Waals surface area contributed by atoms with E-state index in [9.17, 15) is 0 Å². The predicted octanol–water partition coefficient (Wildman–Crippen LogP) is 4.12. The van der Waals surface area contributed by atoms with Gasteiger partial charge in [-0.25, -0.2) is 19.9 Å². The molecule has 0 aliphatic rings. The van der Waals surface area contributed by atoms with Crippen LogP contribution in [0.15, 0.2) is 94.9 Å². The predicted molar refractivity (Wildman–Crippen MR) is 134 cm³/mol. The molecule has 0 atom stereocenters. The zero-order chi connectivity index (χ0) is 21.8. The molecule has 2 aromatic heterocycles. The summed E-state index contributed by atoms with van der Waals surface area (Å²) < 4.78 is 3.47. The van der Waals surface area contributed by atoms with Crippen LogP contribution in [0, 0.1) is 3.57 Å². The van der Waals surface area contributed by atoms with Crippen molar-refractivity contribution in [2.75, 3.05) is 0 Å². The van der Waals surface area contributed by atoms with Gasteiger partial charge in [-0.2, -0.15) is 0 Å². The Hall–Kier alpha value is -1.73. The van der Waals surface area contributed by atoms with E-state index >= 15 is 0 Å². The number of nitrogens with zero attached hydrogens (tertiary/aromatic N) is 4. The van der Waals surface area contributed by atoms with Crippen molar-refractivity contribution < 1.29 is 10.0 Å². The van der Waals surface area contributed by atoms with Crippen LogP contribution in [0.5, 0.6) is 0 Å². The van der Waals surface area contributed by atoms with Crippen LogP contribution < -0.4 is 5.46 Å². The molecule has 0 radical (unpaired) electrons. The Morgan fingerprint density at radius 2 is 1.23 bits per heavy atom. The van der Waals surface area contributed by atoms with Crippen LogP contribution >= 0.6 is 54.5 Å². The van der Waals surface area contributed by atoms with Gasteiger partial charge in [-0.15, -0.1) is 0 Å². The topological polar surface area (TPSA) is 92.0 Å². The fourth-order valence-electron chi connectivity index (χ4n) is 2.02. The van der Waals surface area contributed by atoms with Crippen molar-refractivity contribution in [3.8, 4) is 11.1 Å². The molecule has 2 N–H and O–H groups in total. The average Bonchev–Trinajstić information content (AvgIpc) is 2.76. The lowest BCUT2D eigenvalue weighted by Crippen LogP contribution is -2.30. The number of hydrogen-bond acceptors (Lipinski definition) is 6. The van der Waals surface area contributed by atoms with Crippen molar-refractivity contribution >= 4 is 67.0 Å². The van der Waals surface area contributed by atoms with Crippen LogP contribution in [0.1, 0.15) is 0 Å². The van der Waals surface area contributed by atoms with Crippen molar-refractivity contribution in [2.24, 2.45) is 0 Å². The molecule has 2 aromatic carbocycles.